The fraction of sp³-hybridized carbons (Fsp3) is 0.192. The molecule has 3 nitrogen and oxygen atoms in total. The van der Waals surface area contributed by atoms with E-state index in [9.17, 15) is 0 Å². The van der Waals surface area contributed by atoms with Crippen LogP contribution < -0.4 is 20.0 Å². The summed E-state index contributed by atoms with van der Waals surface area (Å²) in [6, 6.07) is 48.0. The van der Waals surface area contributed by atoms with Gasteiger partial charge in [0.25, 0.3) is 0 Å². The first-order chi connectivity index (χ1) is 27.6. The predicted molar refractivity (Wildman–Crippen MR) is 245 cm³/mol. The highest BCUT2D eigenvalue weighted by Gasteiger charge is 2.49. The van der Waals surface area contributed by atoms with Gasteiger partial charge in [-0.2, -0.15) is 0 Å². The van der Waals surface area contributed by atoms with Crippen molar-refractivity contribution in [1.82, 2.24) is 0 Å². The van der Waals surface area contributed by atoms with Crippen LogP contribution in [0.2, 0.25) is 0 Å². The molecule has 0 fully saturated rings. The summed E-state index contributed by atoms with van der Waals surface area (Å²) in [6.07, 6.45) is 2.37. The summed E-state index contributed by atoms with van der Waals surface area (Å²) in [6.45, 7) is 14.2. The zero-order chi connectivity index (χ0) is 38.5. The molecule has 4 heterocycles. The van der Waals surface area contributed by atoms with Gasteiger partial charge in [0.05, 0.1) is 5.69 Å². The van der Waals surface area contributed by atoms with E-state index < -0.39 is 0 Å². The van der Waals surface area contributed by atoms with Gasteiger partial charge in [-0.1, -0.05) is 112 Å². The first kappa shape index (κ1) is 33.4. The van der Waals surface area contributed by atoms with E-state index in [1.807, 2.05) is 11.3 Å². The van der Waals surface area contributed by atoms with Crippen LogP contribution in [0.5, 0.6) is 0 Å². The van der Waals surface area contributed by atoms with Gasteiger partial charge in [-0.05, 0) is 125 Å². The summed E-state index contributed by atoms with van der Waals surface area (Å²) in [7, 11) is 0. The van der Waals surface area contributed by atoms with Crippen LogP contribution in [0.4, 0.5) is 28.4 Å². The van der Waals surface area contributed by atoms with Gasteiger partial charge in [-0.25, -0.2) is 0 Å². The van der Waals surface area contributed by atoms with Crippen molar-refractivity contribution in [3.05, 3.63) is 150 Å². The largest absolute Gasteiger partial charge is 0.456 e. The summed E-state index contributed by atoms with van der Waals surface area (Å²) >= 11 is 1.96. The molecule has 0 N–H and O–H groups in total. The average Bonchev–Trinajstić information content (AvgIpc) is 3.79. The maximum atomic E-state index is 6.66. The molecule has 2 aromatic heterocycles. The Bertz CT molecular complexity index is 3190. The van der Waals surface area contributed by atoms with Crippen molar-refractivity contribution in [2.24, 2.45) is 0 Å². The Morgan fingerprint density at radius 3 is 2.09 bits per heavy atom. The minimum absolute atomic E-state index is 0.0533. The number of hydrogen-bond acceptors (Lipinski definition) is 4. The number of nitrogens with zero attached hydrogens (tertiary/aromatic N) is 2. The molecule has 12 rings (SSSR count). The van der Waals surface area contributed by atoms with Crippen LogP contribution in [0.1, 0.15) is 62.8 Å². The second-order valence-electron chi connectivity index (χ2n) is 18.0. The third-order valence-electron chi connectivity index (χ3n) is 13.7. The lowest BCUT2D eigenvalue weighted by Crippen LogP contribution is -2.60. The third kappa shape index (κ3) is 4.49. The highest BCUT2D eigenvalue weighted by Crippen LogP contribution is 2.56. The van der Waals surface area contributed by atoms with E-state index in [4.69, 9.17) is 4.42 Å². The highest BCUT2D eigenvalue weighted by molar-refractivity contribution is 7.32. The molecule has 0 saturated heterocycles. The zero-order valence-corrected chi connectivity index (χ0v) is 34.1. The van der Waals surface area contributed by atoms with Gasteiger partial charge < -0.3 is 14.1 Å². The summed E-state index contributed by atoms with van der Waals surface area (Å²) < 4.78 is 9.35. The molecule has 0 spiro atoms. The SMILES string of the molecule is Cc1ccc(N2B3c4sc5ccccc5c4N(c4cc5c(cc4C)C(C)(C)CCC5(C)C)c4cc5ccccc5c(c43)-c3c2ccc2oc4ccccc4c32)cc1. The van der Waals surface area contributed by atoms with Crippen LogP contribution in [-0.4, -0.2) is 6.85 Å². The Morgan fingerprint density at radius 2 is 1.30 bits per heavy atom. The first-order valence-corrected chi connectivity index (χ1v) is 21.2. The molecule has 2 aliphatic heterocycles. The fourth-order valence-electron chi connectivity index (χ4n) is 10.6. The van der Waals surface area contributed by atoms with Crippen molar-refractivity contribution in [2.75, 3.05) is 9.71 Å². The minimum Gasteiger partial charge on any atom is -0.456 e. The second-order valence-corrected chi connectivity index (χ2v) is 19.1. The Hall–Kier alpha value is -5.78. The molecule has 57 heavy (non-hydrogen) atoms. The van der Waals surface area contributed by atoms with Crippen LogP contribution in [0, 0.1) is 13.8 Å². The van der Waals surface area contributed by atoms with Gasteiger partial charge in [-0.3, -0.25) is 0 Å². The number of para-hydroxylation sites is 1. The van der Waals surface area contributed by atoms with Crippen LogP contribution in [0.25, 0.3) is 53.9 Å². The molecule has 0 saturated carbocycles. The van der Waals surface area contributed by atoms with Crippen molar-refractivity contribution < 1.29 is 4.42 Å². The normalized spacial score (nSPS) is 16.3. The van der Waals surface area contributed by atoms with Gasteiger partial charge in [0.15, 0.2) is 0 Å². The maximum Gasteiger partial charge on any atom is 0.343 e. The van der Waals surface area contributed by atoms with E-state index in [0.717, 1.165) is 16.6 Å². The van der Waals surface area contributed by atoms with E-state index in [0.29, 0.717) is 0 Å². The highest BCUT2D eigenvalue weighted by atomic mass is 32.1. The molecule has 1 aliphatic carbocycles. The number of anilines is 5. The number of aryl methyl sites for hydroxylation is 2. The Morgan fingerprint density at radius 1 is 0.614 bits per heavy atom. The van der Waals surface area contributed by atoms with E-state index in [-0.39, 0.29) is 17.7 Å². The van der Waals surface area contributed by atoms with Gasteiger partial charge in [0.2, 0.25) is 0 Å². The first-order valence-electron chi connectivity index (χ1n) is 20.4. The van der Waals surface area contributed by atoms with E-state index in [2.05, 4.69) is 179 Å². The predicted octanol–water partition coefficient (Wildman–Crippen LogP) is 13.6. The maximum absolute atomic E-state index is 6.66. The standard InChI is InChI=1S/C52H43BN2OS/c1-30-19-21-33(22-20-30)55-39-23-24-43-45(35-15-9-11-17-42(35)56-43)47(39)46-34-14-8-7-13-32(34)28-41-48(46)53(55)50-49(36-16-10-12-18-44(36)57-50)54(41)40-29-38-37(27-31(40)2)51(3,4)25-26-52(38,5)6/h7-24,27-29H,25-26H2,1-6H3. The van der Waals surface area contributed by atoms with Gasteiger partial charge in [0.1, 0.15) is 11.2 Å². The van der Waals surface area contributed by atoms with Crippen LogP contribution in [0.15, 0.2) is 132 Å². The quantitative estimate of drug-likeness (QED) is 0.164. The van der Waals surface area contributed by atoms with Crippen LogP contribution in [-0.2, 0) is 10.8 Å². The van der Waals surface area contributed by atoms with Crippen LogP contribution >= 0.6 is 11.3 Å². The minimum atomic E-state index is -0.0533. The van der Waals surface area contributed by atoms with Crippen molar-refractivity contribution in [1.29, 1.82) is 0 Å². The number of thiophene rings is 1. The number of rotatable bonds is 2. The summed E-state index contributed by atoms with van der Waals surface area (Å²) in [5, 5.41) is 6.16. The lowest BCUT2D eigenvalue weighted by atomic mass is 9.46. The smallest absolute Gasteiger partial charge is 0.343 e. The molecule has 0 unspecified atom stereocenters. The Kier molecular flexibility index (Phi) is 6.69. The third-order valence-corrected chi connectivity index (χ3v) is 14.9. The Labute approximate surface area is 338 Å². The van der Waals surface area contributed by atoms with Gasteiger partial charge in [0, 0.05) is 53.9 Å². The summed E-state index contributed by atoms with van der Waals surface area (Å²) in [5.74, 6) is 0. The molecule has 0 atom stereocenters. The Balaban J connectivity index is 1.28. The summed E-state index contributed by atoms with van der Waals surface area (Å²) in [5.41, 5.74) is 17.8. The monoisotopic (exact) mass is 754 g/mol. The van der Waals surface area contributed by atoms with Gasteiger partial charge >= 0.3 is 6.85 Å². The summed E-state index contributed by atoms with van der Waals surface area (Å²) in [4.78, 5) is 5.32. The van der Waals surface area contributed by atoms with E-state index >= 15 is 0 Å². The zero-order valence-electron chi connectivity index (χ0n) is 33.3. The van der Waals surface area contributed by atoms with Crippen LogP contribution in [0.3, 0.4) is 0 Å². The topological polar surface area (TPSA) is 19.6 Å². The molecule has 0 bridgehead atoms. The number of hydrogen-bond donors (Lipinski definition) is 0. The number of fused-ring (bicyclic) bond motifs is 13. The average molecular weight is 755 g/mol. The fourth-order valence-corrected chi connectivity index (χ4v) is 11.9. The molecule has 3 aliphatic rings. The second kappa shape index (κ2) is 11.4. The molecule has 9 aromatic rings. The van der Waals surface area contributed by atoms with E-state index in [1.165, 1.54) is 111 Å². The van der Waals surface area contributed by atoms with Gasteiger partial charge in [-0.15, -0.1) is 11.3 Å². The number of furan rings is 1. The molecule has 5 heteroatoms. The van der Waals surface area contributed by atoms with E-state index in [1.54, 1.807) is 0 Å². The molecular formula is C52H43BN2OS. The van der Waals surface area contributed by atoms with Crippen molar-refractivity contribution in [3.63, 3.8) is 0 Å². The molecule has 7 aromatic carbocycles. The molecule has 276 valence electrons. The number of benzene rings is 7. The van der Waals surface area contributed by atoms with Crippen molar-refractivity contribution in [3.8, 4) is 11.1 Å². The van der Waals surface area contributed by atoms with Crippen molar-refractivity contribution in [2.45, 2.75) is 65.2 Å². The molecule has 0 radical (unpaired) electrons. The van der Waals surface area contributed by atoms with Crippen molar-refractivity contribution >= 4 is 99.7 Å². The lowest BCUT2D eigenvalue weighted by Gasteiger charge is -2.46. The lowest BCUT2D eigenvalue weighted by molar-refractivity contribution is 0.332. The molecular weight excluding hydrogens is 711 g/mol. The molecule has 0 amide bonds.